The average Bonchev–Trinajstić information content (AvgIpc) is 1.83. The van der Waals surface area contributed by atoms with Gasteiger partial charge < -0.3 is 9.03 Å². The van der Waals surface area contributed by atoms with Crippen LogP contribution in [0, 0.1) is 0 Å². The van der Waals surface area contributed by atoms with Crippen LogP contribution in [0.4, 0.5) is 0 Å². The molecule has 4 nitrogen and oxygen atoms in total. The highest BCUT2D eigenvalue weighted by Crippen LogP contribution is 2.12. The van der Waals surface area contributed by atoms with E-state index in [0.29, 0.717) is 0 Å². The topological polar surface area (TPSA) is 52.6 Å². The van der Waals surface area contributed by atoms with Crippen molar-refractivity contribution in [2.24, 2.45) is 0 Å². The molecule has 0 spiro atoms. The minimum atomic E-state index is -1.31. The molecular weight excluding hydrogens is 172 g/mol. The van der Waals surface area contributed by atoms with Crippen molar-refractivity contribution in [1.82, 2.24) is 0 Å². The smallest absolute Gasteiger partial charge is 0.368 e. The van der Waals surface area contributed by atoms with Gasteiger partial charge in [-0.2, -0.15) is 0 Å². The molecule has 0 aliphatic heterocycles. The Labute approximate surface area is 69.6 Å². The highest BCUT2D eigenvalue weighted by atomic mass is 35.5. The molecule has 0 bridgehead atoms. The van der Waals surface area contributed by atoms with Gasteiger partial charge >= 0.3 is 11.9 Å². The molecule has 0 aromatic carbocycles. The van der Waals surface area contributed by atoms with Crippen LogP contribution >= 0.6 is 11.9 Å². The Morgan fingerprint density at radius 2 is 1.82 bits per heavy atom. The summed E-state index contributed by atoms with van der Waals surface area (Å²) in [5.41, 5.74) is -1.31. The molecule has 0 saturated carbocycles. The summed E-state index contributed by atoms with van der Waals surface area (Å²) in [5, 5.41) is 0. The van der Waals surface area contributed by atoms with Crippen molar-refractivity contribution in [2.75, 3.05) is 0 Å². The van der Waals surface area contributed by atoms with Crippen molar-refractivity contribution in [3.63, 3.8) is 0 Å². The largest absolute Gasteiger partial charge is 0.448 e. The first-order valence-electron chi connectivity index (χ1n) is 2.92. The van der Waals surface area contributed by atoms with E-state index in [0.717, 1.165) is 0 Å². The summed E-state index contributed by atoms with van der Waals surface area (Å²) >= 11 is 4.78. The molecule has 11 heavy (non-hydrogen) atoms. The fraction of sp³-hybridized carbons (Fsp3) is 0.667. The van der Waals surface area contributed by atoms with E-state index in [1.807, 2.05) is 0 Å². The zero-order valence-corrected chi connectivity index (χ0v) is 7.27. The molecular formula is C6H9ClO4. The second-order valence-corrected chi connectivity index (χ2v) is 2.62. The summed E-state index contributed by atoms with van der Waals surface area (Å²) in [6.45, 7) is 3.97. The predicted octanol–water partition coefficient (Wildman–Crippen LogP) is 1.03. The van der Waals surface area contributed by atoms with Gasteiger partial charge in [-0.05, 0) is 13.8 Å². The number of carbonyl (C=O) groups is 2. The molecule has 0 aliphatic carbocycles. The van der Waals surface area contributed by atoms with E-state index in [1.165, 1.54) is 20.8 Å². The number of halogens is 1. The molecule has 0 aromatic rings. The zero-order valence-electron chi connectivity index (χ0n) is 6.51. The van der Waals surface area contributed by atoms with Crippen LogP contribution in [0.2, 0.25) is 0 Å². The summed E-state index contributed by atoms with van der Waals surface area (Å²) in [5.74, 6) is -1.36. The molecule has 0 rings (SSSR count). The van der Waals surface area contributed by atoms with E-state index < -0.39 is 17.5 Å². The molecule has 64 valence electrons. The standard InChI is InChI=1S/C6H9ClO4/c1-4(8)10-6(2,3)5(9)11-7/h1-3H3. The fourth-order valence-electron chi connectivity index (χ4n) is 0.494. The van der Waals surface area contributed by atoms with Gasteiger partial charge in [0.2, 0.25) is 5.60 Å². The Bertz CT molecular complexity index is 175. The van der Waals surface area contributed by atoms with E-state index in [9.17, 15) is 9.59 Å². The van der Waals surface area contributed by atoms with Gasteiger partial charge in [-0.3, -0.25) is 4.79 Å². The second-order valence-electron chi connectivity index (χ2n) is 2.47. The van der Waals surface area contributed by atoms with E-state index in [-0.39, 0.29) is 0 Å². The molecule has 0 amide bonds. The van der Waals surface area contributed by atoms with Gasteiger partial charge in [0.15, 0.2) is 0 Å². The molecule has 0 N–H and O–H groups in total. The van der Waals surface area contributed by atoms with Crippen molar-refractivity contribution in [1.29, 1.82) is 0 Å². The first kappa shape index (κ1) is 10.2. The second kappa shape index (κ2) is 3.57. The van der Waals surface area contributed by atoms with E-state index in [2.05, 4.69) is 9.03 Å². The number of ether oxygens (including phenoxy) is 1. The van der Waals surface area contributed by atoms with Crippen LogP contribution < -0.4 is 0 Å². The summed E-state index contributed by atoms with van der Waals surface area (Å²) in [6.07, 6.45) is 0. The Balaban J connectivity index is 4.21. The van der Waals surface area contributed by atoms with E-state index >= 15 is 0 Å². The van der Waals surface area contributed by atoms with Crippen molar-refractivity contribution in [3.8, 4) is 0 Å². The predicted molar refractivity (Wildman–Crippen MR) is 37.8 cm³/mol. The number of rotatable bonds is 2. The van der Waals surface area contributed by atoms with Gasteiger partial charge in [-0.1, -0.05) is 0 Å². The van der Waals surface area contributed by atoms with Crippen LogP contribution in [-0.2, 0) is 18.6 Å². The van der Waals surface area contributed by atoms with Crippen LogP contribution in [0.25, 0.3) is 0 Å². The summed E-state index contributed by atoms with van der Waals surface area (Å²) < 4.78 is 8.46. The minimum absolute atomic E-state index is 0.558. The van der Waals surface area contributed by atoms with Crippen LogP contribution in [0.1, 0.15) is 20.8 Å². The first-order valence-corrected chi connectivity index (χ1v) is 3.23. The average molecular weight is 181 g/mol. The number of hydrogen-bond donors (Lipinski definition) is 0. The summed E-state index contributed by atoms with van der Waals surface area (Å²) in [4.78, 5) is 21.1. The lowest BCUT2D eigenvalue weighted by atomic mass is 10.1. The number of esters is 1. The van der Waals surface area contributed by atoms with Crippen molar-refractivity contribution in [3.05, 3.63) is 0 Å². The number of carbonyl (C=O) groups excluding carboxylic acids is 2. The monoisotopic (exact) mass is 180 g/mol. The third-order valence-electron chi connectivity index (χ3n) is 0.961. The SMILES string of the molecule is CC(=O)OC(C)(C)C(=O)OCl. The maximum atomic E-state index is 10.7. The maximum absolute atomic E-state index is 10.7. The Morgan fingerprint density at radius 3 is 2.09 bits per heavy atom. The molecule has 0 fully saturated rings. The van der Waals surface area contributed by atoms with Crippen LogP contribution in [0.15, 0.2) is 0 Å². The maximum Gasteiger partial charge on any atom is 0.368 e. The minimum Gasteiger partial charge on any atom is -0.448 e. The number of hydrogen-bond acceptors (Lipinski definition) is 4. The van der Waals surface area contributed by atoms with Gasteiger partial charge in [0.1, 0.15) is 11.9 Å². The molecule has 5 heteroatoms. The molecule has 0 heterocycles. The lowest BCUT2D eigenvalue weighted by molar-refractivity contribution is -0.170. The molecule has 0 aromatic heterocycles. The van der Waals surface area contributed by atoms with Gasteiger partial charge in [0, 0.05) is 6.92 Å². The third-order valence-corrected chi connectivity index (χ3v) is 1.10. The summed E-state index contributed by atoms with van der Waals surface area (Å²) in [7, 11) is 0. The van der Waals surface area contributed by atoms with Crippen molar-refractivity contribution < 1.29 is 18.6 Å². The summed E-state index contributed by atoms with van der Waals surface area (Å²) in [6, 6.07) is 0. The van der Waals surface area contributed by atoms with Crippen molar-refractivity contribution >= 4 is 23.8 Å². The molecule has 0 atom stereocenters. The lowest BCUT2D eigenvalue weighted by Crippen LogP contribution is -2.36. The van der Waals surface area contributed by atoms with Gasteiger partial charge in [-0.25, -0.2) is 4.79 Å². The molecule has 0 radical (unpaired) electrons. The zero-order chi connectivity index (χ0) is 9.07. The van der Waals surface area contributed by atoms with E-state index in [4.69, 9.17) is 11.9 Å². The van der Waals surface area contributed by atoms with Crippen LogP contribution in [0.5, 0.6) is 0 Å². The van der Waals surface area contributed by atoms with E-state index in [1.54, 1.807) is 0 Å². The van der Waals surface area contributed by atoms with Gasteiger partial charge in [-0.15, -0.1) is 0 Å². The lowest BCUT2D eigenvalue weighted by Gasteiger charge is -2.19. The fourth-order valence-corrected chi connectivity index (χ4v) is 0.680. The van der Waals surface area contributed by atoms with Crippen LogP contribution in [0.3, 0.4) is 0 Å². The van der Waals surface area contributed by atoms with Gasteiger partial charge in [0.25, 0.3) is 0 Å². The molecule has 0 aliphatic rings. The Kier molecular flexibility index (Phi) is 3.32. The first-order chi connectivity index (χ1) is 4.90. The van der Waals surface area contributed by atoms with Crippen molar-refractivity contribution in [2.45, 2.75) is 26.4 Å². The Hall–Kier alpha value is -0.770. The van der Waals surface area contributed by atoms with Crippen LogP contribution in [-0.4, -0.2) is 17.5 Å². The molecule has 0 saturated heterocycles. The highest BCUT2D eigenvalue weighted by Gasteiger charge is 2.32. The molecule has 0 unspecified atom stereocenters. The quantitative estimate of drug-likeness (QED) is 0.596. The normalized spacial score (nSPS) is 10.5. The van der Waals surface area contributed by atoms with Gasteiger partial charge in [0.05, 0.1) is 0 Å². The Morgan fingerprint density at radius 1 is 1.36 bits per heavy atom. The third kappa shape index (κ3) is 3.23. The highest BCUT2D eigenvalue weighted by molar-refractivity contribution is 6.14.